The van der Waals surface area contributed by atoms with Crippen molar-refractivity contribution in [2.24, 2.45) is 4.99 Å². The van der Waals surface area contributed by atoms with E-state index in [0.29, 0.717) is 23.8 Å². The van der Waals surface area contributed by atoms with Crippen LogP contribution >= 0.6 is 0 Å². The second kappa shape index (κ2) is 12.3. The lowest BCUT2D eigenvalue weighted by atomic mass is 10.2. The smallest absolute Gasteiger partial charge is 0.387 e. The van der Waals surface area contributed by atoms with Crippen LogP contribution < -0.4 is 20.1 Å². The predicted molar refractivity (Wildman–Crippen MR) is 116 cm³/mol. The molecule has 1 aromatic rings. The van der Waals surface area contributed by atoms with Crippen molar-refractivity contribution in [3.63, 3.8) is 0 Å². The number of benzene rings is 1. The van der Waals surface area contributed by atoms with Crippen LogP contribution in [0.3, 0.4) is 0 Å². The van der Waals surface area contributed by atoms with Crippen LogP contribution in [0.5, 0.6) is 11.5 Å². The SMILES string of the molecule is CN=C(NCCCN1CCCC1C(=O)N(C)C)NCc1cc(OC)ccc1OC(F)F. The molecule has 1 aliphatic rings. The van der Waals surface area contributed by atoms with Gasteiger partial charge in [-0.3, -0.25) is 14.7 Å². The summed E-state index contributed by atoms with van der Waals surface area (Å²) in [6.07, 6.45) is 2.78. The summed E-state index contributed by atoms with van der Waals surface area (Å²) in [5, 5.41) is 6.32. The van der Waals surface area contributed by atoms with Crippen molar-refractivity contribution in [3.05, 3.63) is 23.8 Å². The van der Waals surface area contributed by atoms with Crippen LogP contribution in [0.15, 0.2) is 23.2 Å². The average Bonchev–Trinajstić information content (AvgIpc) is 3.21. The number of halogens is 2. The molecule has 8 nitrogen and oxygen atoms in total. The van der Waals surface area contributed by atoms with E-state index in [-0.39, 0.29) is 24.2 Å². The van der Waals surface area contributed by atoms with Crippen LogP contribution in [0.2, 0.25) is 0 Å². The molecule has 1 fully saturated rings. The first-order valence-electron chi connectivity index (χ1n) is 10.4. The molecule has 0 spiro atoms. The number of aliphatic imine (C=N–C) groups is 1. The van der Waals surface area contributed by atoms with Crippen molar-refractivity contribution >= 4 is 11.9 Å². The van der Waals surface area contributed by atoms with Crippen LogP contribution in [0.4, 0.5) is 8.78 Å². The molecule has 10 heteroatoms. The summed E-state index contributed by atoms with van der Waals surface area (Å²) in [5.74, 6) is 1.34. The first kappa shape index (κ1) is 24.6. The van der Waals surface area contributed by atoms with E-state index in [0.717, 1.165) is 32.4 Å². The Morgan fingerprint density at radius 3 is 2.77 bits per heavy atom. The number of guanidine groups is 1. The zero-order valence-electron chi connectivity index (χ0n) is 18.7. The number of methoxy groups -OCH3 is 1. The monoisotopic (exact) mass is 441 g/mol. The molecule has 0 bridgehead atoms. The summed E-state index contributed by atoms with van der Waals surface area (Å²) in [5.41, 5.74) is 0.532. The number of carbonyl (C=O) groups is 1. The van der Waals surface area contributed by atoms with Crippen molar-refractivity contribution in [2.75, 3.05) is 47.9 Å². The normalized spacial score (nSPS) is 17.0. The third-order valence-corrected chi connectivity index (χ3v) is 5.16. The molecule has 2 rings (SSSR count). The van der Waals surface area contributed by atoms with Gasteiger partial charge in [0.05, 0.1) is 13.2 Å². The summed E-state index contributed by atoms with van der Waals surface area (Å²) >= 11 is 0. The number of amides is 1. The third-order valence-electron chi connectivity index (χ3n) is 5.16. The number of rotatable bonds is 10. The lowest BCUT2D eigenvalue weighted by molar-refractivity contribution is -0.133. The molecule has 0 radical (unpaired) electrons. The number of hydrogen-bond acceptors (Lipinski definition) is 5. The number of nitrogens with one attached hydrogen (secondary N) is 2. The highest BCUT2D eigenvalue weighted by Gasteiger charge is 2.30. The molecule has 1 amide bonds. The third kappa shape index (κ3) is 7.54. The molecular weight excluding hydrogens is 408 g/mol. The van der Waals surface area contributed by atoms with E-state index in [1.54, 1.807) is 38.2 Å². The van der Waals surface area contributed by atoms with Gasteiger partial charge in [-0.2, -0.15) is 8.78 Å². The Balaban J connectivity index is 1.82. The van der Waals surface area contributed by atoms with E-state index >= 15 is 0 Å². The van der Waals surface area contributed by atoms with E-state index in [4.69, 9.17) is 4.74 Å². The van der Waals surface area contributed by atoms with E-state index in [9.17, 15) is 13.6 Å². The quantitative estimate of drug-likeness (QED) is 0.328. The number of carbonyl (C=O) groups excluding carboxylic acids is 1. The second-order valence-electron chi connectivity index (χ2n) is 7.48. The predicted octanol–water partition coefficient (Wildman–Crippen LogP) is 1.90. The van der Waals surface area contributed by atoms with Gasteiger partial charge in [-0.15, -0.1) is 0 Å². The highest BCUT2D eigenvalue weighted by Crippen LogP contribution is 2.25. The summed E-state index contributed by atoms with van der Waals surface area (Å²) < 4.78 is 35.1. The molecule has 1 heterocycles. The molecule has 31 heavy (non-hydrogen) atoms. The lowest BCUT2D eigenvalue weighted by Gasteiger charge is -2.26. The minimum atomic E-state index is -2.90. The Hall–Kier alpha value is -2.62. The number of hydrogen-bond donors (Lipinski definition) is 2. The largest absolute Gasteiger partial charge is 0.497 e. The van der Waals surface area contributed by atoms with Crippen molar-refractivity contribution < 1.29 is 23.0 Å². The standard InChI is InChI=1S/C21H33F2N5O3/c1-24-21(25-10-6-12-28-11-5-7-17(28)19(29)27(2)3)26-14-15-13-16(30-4)8-9-18(15)31-20(22)23/h8-9,13,17,20H,5-7,10-12,14H2,1-4H3,(H2,24,25,26). The Morgan fingerprint density at radius 1 is 1.35 bits per heavy atom. The lowest BCUT2D eigenvalue weighted by Crippen LogP contribution is -2.44. The van der Waals surface area contributed by atoms with E-state index in [1.807, 2.05) is 0 Å². The molecule has 1 aromatic carbocycles. The Bertz CT molecular complexity index is 746. The highest BCUT2D eigenvalue weighted by molar-refractivity contribution is 5.81. The van der Waals surface area contributed by atoms with Gasteiger partial charge in [-0.1, -0.05) is 0 Å². The van der Waals surface area contributed by atoms with Gasteiger partial charge >= 0.3 is 6.61 Å². The minimum absolute atomic E-state index is 0.0336. The van der Waals surface area contributed by atoms with Crippen LogP contribution in [-0.2, 0) is 11.3 Å². The maximum atomic E-state index is 12.7. The van der Waals surface area contributed by atoms with Crippen LogP contribution in [0.1, 0.15) is 24.8 Å². The number of likely N-dealkylation sites (N-methyl/N-ethyl adjacent to an activating group) is 1. The number of likely N-dealkylation sites (tertiary alicyclic amines) is 1. The Kier molecular flexibility index (Phi) is 9.77. The van der Waals surface area contributed by atoms with Gasteiger partial charge in [-0.05, 0) is 44.0 Å². The fourth-order valence-electron chi connectivity index (χ4n) is 3.59. The zero-order chi connectivity index (χ0) is 22.8. The maximum absolute atomic E-state index is 12.7. The molecule has 1 atom stereocenters. The molecule has 1 aliphatic heterocycles. The molecule has 1 saturated heterocycles. The number of alkyl halides is 2. The number of nitrogens with zero attached hydrogens (tertiary/aromatic N) is 3. The molecule has 1 unspecified atom stereocenters. The topological polar surface area (TPSA) is 78.4 Å². The van der Waals surface area contributed by atoms with Gasteiger partial charge in [0.15, 0.2) is 5.96 Å². The molecular formula is C21H33F2N5O3. The molecule has 0 aliphatic carbocycles. The van der Waals surface area contributed by atoms with Gasteiger partial charge < -0.3 is 25.0 Å². The van der Waals surface area contributed by atoms with Crippen molar-refractivity contribution in [1.82, 2.24) is 20.4 Å². The Morgan fingerprint density at radius 2 is 2.13 bits per heavy atom. The van der Waals surface area contributed by atoms with Gasteiger partial charge in [0.25, 0.3) is 0 Å². The van der Waals surface area contributed by atoms with Crippen LogP contribution in [-0.4, -0.2) is 82.2 Å². The number of ether oxygens (including phenoxy) is 2. The fourth-order valence-corrected chi connectivity index (χ4v) is 3.59. The summed E-state index contributed by atoms with van der Waals surface area (Å²) in [6, 6.07) is 4.64. The van der Waals surface area contributed by atoms with Gasteiger partial charge in [0, 0.05) is 46.3 Å². The summed E-state index contributed by atoms with van der Waals surface area (Å²) in [7, 11) is 6.73. The van der Waals surface area contributed by atoms with Crippen molar-refractivity contribution in [1.29, 1.82) is 0 Å². The molecule has 2 N–H and O–H groups in total. The second-order valence-corrected chi connectivity index (χ2v) is 7.48. The van der Waals surface area contributed by atoms with Gasteiger partial charge in [0.1, 0.15) is 11.5 Å². The average molecular weight is 442 g/mol. The maximum Gasteiger partial charge on any atom is 0.387 e. The van der Waals surface area contributed by atoms with Crippen LogP contribution in [0.25, 0.3) is 0 Å². The first-order chi connectivity index (χ1) is 14.8. The summed E-state index contributed by atoms with van der Waals surface area (Å²) in [4.78, 5) is 20.3. The minimum Gasteiger partial charge on any atom is -0.497 e. The van der Waals surface area contributed by atoms with E-state index in [1.165, 1.54) is 13.2 Å². The zero-order valence-corrected chi connectivity index (χ0v) is 18.7. The van der Waals surface area contributed by atoms with Crippen LogP contribution in [0, 0.1) is 0 Å². The van der Waals surface area contributed by atoms with Gasteiger partial charge in [-0.25, -0.2) is 0 Å². The Labute approximate surface area is 182 Å². The molecule has 174 valence electrons. The van der Waals surface area contributed by atoms with E-state index < -0.39 is 6.61 Å². The molecule has 0 aromatic heterocycles. The van der Waals surface area contributed by atoms with Crippen molar-refractivity contribution in [3.8, 4) is 11.5 Å². The first-order valence-corrected chi connectivity index (χ1v) is 10.4. The highest BCUT2D eigenvalue weighted by atomic mass is 19.3. The molecule has 0 saturated carbocycles. The fraction of sp³-hybridized carbons (Fsp3) is 0.619. The summed E-state index contributed by atoms with van der Waals surface area (Å²) in [6.45, 7) is -0.253. The van der Waals surface area contributed by atoms with E-state index in [2.05, 4.69) is 25.3 Å². The van der Waals surface area contributed by atoms with Crippen molar-refractivity contribution in [2.45, 2.75) is 38.5 Å². The van der Waals surface area contributed by atoms with Gasteiger partial charge in [0.2, 0.25) is 5.91 Å².